The van der Waals surface area contributed by atoms with E-state index in [1.54, 1.807) is 7.11 Å². The zero-order valence-electron chi connectivity index (χ0n) is 11.3. The average molecular weight is 254 g/mol. The second-order valence-electron chi connectivity index (χ2n) is 4.35. The monoisotopic (exact) mass is 254 g/mol. The summed E-state index contributed by atoms with van der Waals surface area (Å²) in [5.74, 6) is 0.753. The highest BCUT2D eigenvalue weighted by atomic mass is 16.5. The van der Waals surface area contributed by atoms with Crippen molar-refractivity contribution in [1.82, 2.24) is 0 Å². The molecule has 0 spiro atoms. The maximum Gasteiger partial charge on any atom is 0.221 e. The molecule has 0 aliphatic rings. The van der Waals surface area contributed by atoms with E-state index in [9.17, 15) is 4.79 Å². The fraction of sp³-hybridized carbons (Fsp3) is 0.188. The summed E-state index contributed by atoms with van der Waals surface area (Å²) in [7, 11) is 1.65. The van der Waals surface area contributed by atoms with E-state index >= 15 is 0 Å². The molecule has 0 bridgehead atoms. The lowest BCUT2D eigenvalue weighted by Gasteiger charge is -2.09. The first-order valence-corrected chi connectivity index (χ1v) is 6.04. The van der Waals surface area contributed by atoms with Crippen molar-refractivity contribution in [2.45, 2.75) is 13.8 Å². The van der Waals surface area contributed by atoms with Crippen LogP contribution in [0.4, 0.5) is 5.69 Å². The van der Waals surface area contributed by atoms with E-state index in [1.807, 2.05) is 43.3 Å². The first-order valence-electron chi connectivity index (χ1n) is 6.04. The van der Waals surface area contributed by atoms with Gasteiger partial charge < -0.3 is 10.1 Å². The van der Waals surface area contributed by atoms with E-state index in [4.69, 9.17) is 4.74 Å². The van der Waals surface area contributed by atoms with Gasteiger partial charge in [0, 0.05) is 12.6 Å². The zero-order chi connectivity index (χ0) is 13.8. The number of ether oxygens (including phenoxy) is 1. The normalized spacial score (nSPS) is 10.1. The van der Waals surface area contributed by atoms with Crippen LogP contribution in [0.5, 0.6) is 5.75 Å². The van der Waals surface area contributed by atoms with Crippen molar-refractivity contribution in [1.29, 1.82) is 0 Å². The molecule has 0 atom stereocenters. The summed E-state index contributed by atoms with van der Waals surface area (Å²) in [6.07, 6.45) is 0. The van der Waals surface area contributed by atoms with E-state index in [2.05, 4.69) is 11.4 Å². The Labute approximate surface area is 113 Å². The molecule has 0 saturated heterocycles. The fourth-order valence-electron chi connectivity index (χ4n) is 1.97. The molecule has 0 aromatic heterocycles. The van der Waals surface area contributed by atoms with Gasteiger partial charge in [0.1, 0.15) is 5.75 Å². The van der Waals surface area contributed by atoms with Gasteiger partial charge in [0.25, 0.3) is 0 Å². The number of amides is 1. The minimum absolute atomic E-state index is 0.0800. The van der Waals surface area contributed by atoms with Crippen LogP contribution in [0.1, 0.15) is 12.5 Å². The molecule has 0 heterocycles. The number of aryl methyl sites for hydroxylation is 1. The van der Waals surface area contributed by atoms with Crippen molar-refractivity contribution in [3.63, 3.8) is 0 Å². The molecule has 1 amide bonds. The Hall–Kier alpha value is -2.29. The summed E-state index contributed by atoms with van der Waals surface area (Å²) in [5.41, 5.74) is 3.91. The molecule has 3 nitrogen and oxygen atoms in total. The minimum Gasteiger partial charge on any atom is -0.497 e. The van der Waals surface area contributed by atoms with Crippen LogP contribution in [0.25, 0.3) is 11.1 Å². The second kappa shape index (κ2) is 5.57. The molecule has 2 aromatic carbocycles. The highest BCUT2D eigenvalue weighted by Gasteiger charge is 2.05. The molecule has 97 valence electrons. The lowest BCUT2D eigenvalue weighted by molar-refractivity contribution is -0.114. The van der Waals surface area contributed by atoms with E-state index in [-0.39, 0.29) is 5.91 Å². The molecule has 3 heteroatoms. The Morgan fingerprint density at radius 1 is 1.26 bits per heavy atom. The quantitative estimate of drug-likeness (QED) is 0.911. The largest absolute Gasteiger partial charge is 0.497 e. The van der Waals surface area contributed by atoms with Gasteiger partial charge in [-0.2, -0.15) is 0 Å². The van der Waals surface area contributed by atoms with Crippen molar-refractivity contribution in [3.8, 4) is 16.9 Å². The molecule has 0 unspecified atom stereocenters. The number of rotatable bonds is 3. The molecule has 0 saturated carbocycles. The Morgan fingerprint density at radius 3 is 2.68 bits per heavy atom. The highest BCUT2D eigenvalue weighted by molar-refractivity contribution is 5.89. The number of anilines is 1. The van der Waals surface area contributed by atoms with E-state index < -0.39 is 0 Å². The van der Waals surface area contributed by atoms with Gasteiger partial charge in [0.15, 0.2) is 0 Å². The molecule has 0 aliphatic heterocycles. The predicted molar refractivity (Wildman–Crippen MR) is 76.3 cm³/mol. The zero-order valence-corrected chi connectivity index (χ0v) is 11.3. The lowest BCUT2D eigenvalue weighted by atomic mass is 10.00. The molecule has 19 heavy (non-hydrogen) atoms. The van der Waals surface area contributed by atoms with Crippen LogP contribution in [0.2, 0.25) is 0 Å². The van der Waals surface area contributed by atoms with E-state index in [0.29, 0.717) is 0 Å². The first-order chi connectivity index (χ1) is 9.10. The van der Waals surface area contributed by atoms with E-state index in [0.717, 1.165) is 28.1 Å². The number of hydrogen-bond donors (Lipinski definition) is 1. The van der Waals surface area contributed by atoms with E-state index in [1.165, 1.54) is 6.92 Å². The SMILES string of the molecule is COc1ccc(-c2[c]ccc(NC(C)=O)c2)c(C)c1. The number of methoxy groups -OCH3 is 1. The number of nitrogens with one attached hydrogen (secondary N) is 1. The summed E-state index contributed by atoms with van der Waals surface area (Å²) in [6.45, 7) is 3.52. The predicted octanol–water partition coefficient (Wildman–Crippen LogP) is 3.43. The van der Waals surface area contributed by atoms with Crippen LogP contribution < -0.4 is 10.1 Å². The summed E-state index contributed by atoms with van der Waals surface area (Å²) in [5, 5.41) is 2.77. The number of carbonyl (C=O) groups is 1. The number of hydrogen-bond acceptors (Lipinski definition) is 2. The summed E-state index contributed by atoms with van der Waals surface area (Å²) in [6, 6.07) is 14.6. The van der Waals surface area contributed by atoms with Crippen molar-refractivity contribution < 1.29 is 9.53 Å². The standard InChI is InChI=1S/C16H16NO2/c1-11-9-15(19-3)7-8-16(11)13-5-4-6-14(10-13)17-12(2)18/h4,6-10H,1-3H3,(H,17,18). The first kappa shape index (κ1) is 13.1. The van der Waals surface area contributed by atoms with Gasteiger partial charge in [-0.3, -0.25) is 4.79 Å². The van der Waals surface area contributed by atoms with Crippen molar-refractivity contribution >= 4 is 11.6 Å². The smallest absolute Gasteiger partial charge is 0.221 e. The van der Waals surface area contributed by atoms with Crippen LogP contribution in [0.15, 0.2) is 36.4 Å². The van der Waals surface area contributed by atoms with Crippen LogP contribution in [-0.4, -0.2) is 13.0 Å². The third kappa shape index (κ3) is 3.13. The molecule has 1 N–H and O–H groups in total. The van der Waals surface area contributed by atoms with Gasteiger partial charge in [-0.1, -0.05) is 12.1 Å². The topological polar surface area (TPSA) is 38.3 Å². The van der Waals surface area contributed by atoms with Gasteiger partial charge in [0.05, 0.1) is 7.11 Å². The molecule has 0 fully saturated rings. The molecule has 2 aromatic rings. The summed E-state index contributed by atoms with van der Waals surface area (Å²) < 4.78 is 5.20. The van der Waals surface area contributed by atoms with Crippen LogP contribution >= 0.6 is 0 Å². The highest BCUT2D eigenvalue weighted by Crippen LogP contribution is 2.28. The molecular weight excluding hydrogens is 238 g/mol. The fourth-order valence-corrected chi connectivity index (χ4v) is 1.97. The average Bonchev–Trinajstić information content (AvgIpc) is 2.38. The lowest BCUT2D eigenvalue weighted by Crippen LogP contribution is -2.05. The maximum absolute atomic E-state index is 11.1. The number of benzene rings is 2. The molecule has 2 rings (SSSR count). The molecule has 1 radical (unpaired) electrons. The van der Waals surface area contributed by atoms with Gasteiger partial charge >= 0.3 is 0 Å². The molecule has 0 aliphatic carbocycles. The van der Waals surface area contributed by atoms with Crippen LogP contribution in [0, 0.1) is 13.0 Å². The van der Waals surface area contributed by atoms with Gasteiger partial charge in [0.2, 0.25) is 5.91 Å². The van der Waals surface area contributed by atoms with Crippen LogP contribution in [0.3, 0.4) is 0 Å². The minimum atomic E-state index is -0.0800. The number of carbonyl (C=O) groups excluding carboxylic acids is 1. The van der Waals surface area contributed by atoms with Gasteiger partial charge in [-0.05, 0) is 53.9 Å². The maximum atomic E-state index is 11.1. The van der Waals surface area contributed by atoms with Crippen LogP contribution in [-0.2, 0) is 4.79 Å². The third-order valence-corrected chi connectivity index (χ3v) is 2.85. The van der Waals surface area contributed by atoms with Gasteiger partial charge in [-0.15, -0.1) is 0 Å². The Bertz CT molecular complexity index is 605. The third-order valence-electron chi connectivity index (χ3n) is 2.85. The summed E-state index contributed by atoms with van der Waals surface area (Å²) in [4.78, 5) is 11.1. The van der Waals surface area contributed by atoms with Gasteiger partial charge in [-0.25, -0.2) is 0 Å². The van der Waals surface area contributed by atoms with Crippen molar-refractivity contribution in [2.24, 2.45) is 0 Å². The Balaban J connectivity index is 2.38. The Kier molecular flexibility index (Phi) is 3.85. The van der Waals surface area contributed by atoms with Crippen molar-refractivity contribution in [2.75, 3.05) is 12.4 Å². The molecular formula is C16H16NO2. The second-order valence-corrected chi connectivity index (χ2v) is 4.35. The van der Waals surface area contributed by atoms with Crippen molar-refractivity contribution in [3.05, 3.63) is 48.0 Å². The Morgan fingerprint density at radius 2 is 2.05 bits per heavy atom. The summed E-state index contributed by atoms with van der Waals surface area (Å²) >= 11 is 0.